The summed E-state index contributed by atoms with van der Waals surface area (Å²) in [5, 5.41) is 18.4. The number of benzene rings is 2. The lowest BCUT2D eigenvalue weighted by Gasteiger charge is -2.19. The molecule has 1 heterocycles. The molecule has 0 bridgehead atoms. The number of nitrogens with zero attached hydrogens (tertiary/aromatic N) is 2. The van der Waals surface area contributed by atoms with E-state index in [0.717, 1.165) is 22.3 Å². The lowest BCUT2D eigenvalue weighted by Crippen LogP contribution is -2.48. The fourth-order valence-corrected chi connectivity index (χ4v) is 4.22. The first-order chi connectivity index (χ1) is 16.8. The summed E-state index contributed by atoms with van der Waals surface area (Å²) in [6.45, 7) is 1.63. The number of amides is 2. The highest BCUT2D eigenvalue weighted by atomic mass is 16.5. The zero-order chi connectivity index (χ0) is 25.1. The van der Waals surface area contributed by atoms with Crippen LogP contribution in [0.1, 0.15) is 34.5 Å². The van der Waals surface area contributed by atoms with Gasteiger partial charge in [-0.3, -0.25) is 14.8 Å². The van der Waals surface area contributed by atoms with Gasteiger partial charge in [0.1, 0.15) is 6.61 Å². The smallest absolute Gasteiger partial charge is 0.411 e. The molecule has 0 aliphatic heterocycles. The topological polar surface area (TPSA) is 132 Å². The van der Waals surface area contributed by atoms with E-state index in [2.05, 4.69) is 15.7 Å². The number of hydrogen-bond donors (Lipinski definition) is 3. The van der Waals surface area contributed by atoms with Crippen LogP contribution in [-0.4, -0.2) is 58.7 Å². The number of carboxylic acid groups (broad SMARTS) is 1. The summed E-state index contributed by atoms with van der Waals surface area (Å²) < 4.78 is 11.9. The van der Waals surface area contributed by atoms with E-state index in [9.17, 15) is 19.5 Å². The molecule has 3 N–H and O–H groups in total. The molecular weight excluding hydrogens is 452 g/mol. The Balaban J connectivity index is 1.45. The van der Waals surface area contributed by atoms with Crippen LogP contribution in [0.3, 0.4) is 0 Å². The lowest BCUT2D eigenvalue weighted by atomic mass is 9.98. The first-order valence-corrected chi connectivity index (χ1v) is 11.0. The molecule has 35 heavy (non-hydrogen) atoms. The van der Waals surface area contributed by atoms with Crippen LogP contribution < -0.4 is 10.6 Å². The largest absolute Gasteiger partial charge is 0.480 e. The fraction of sp³-hybridized carbons (Fsp3) is 0.280. The second kappa shape index (κ2) is 9.98. The molecule has 0 saturated heterocycles. The first-order valence-electron chi connectivity index (χ1n) is 11.0. The zero-order valence-corrected chi connectivity index (χ0v) is 19.5. The van der Waals surface area contributed by atoms with Gasteiger partial charge in [-0.15, -0.1) is 0 Å². The van der Waals surface area contributed by atoms with Crippen molar-refractivity contribution in [2.24, 2.45) is 7.05 Å². The Kier molecular flexibility index (Phi) is 6.83. The third kappa shape index (κ3) is 4.87. The van der Waals surface area contributed by atoms with E-state index in [4.69, 9.17) is 9.47 Å². The molecule has 0 radical (unpaired) electrons. The van der Waals surface area contributed by atoms with Crippen molar-refractivity contribution in [3.05, 3.63) is 71.5 Å². The molecule has 2 atom stereocenters. The van der Waals surface area contributed by atoms with Gasteiger partial charge in [0, 0.05) is 26.3 Å². The Morgan fingerprint density at radius 3 is 2.26 bits per heavy atom. The molecule has 0 spiro atoms. The van der Waals surface area contributed by atoms with Crippen molar-refractivity contribution in [2.45, 2.75) is 25.0 Å². The number of methoxy groups -OCH3 is 1. The van der Waals surface area contributed by atoms with Gasteiger partial charge >= 0.3 is 12.1 Å². The van der Waals surface area contributed by atoms with Crippen LogP contribution in [0.25, 0.3) is 11.1 Å². The molecule has 182 valence electrons. The molecule has 1 aliphatic carbocycles. The molecule has 10 nitrogen and oxygen atoms in total. The molecule has 1 aliphatic rings. The Hall–Kier alpha value is -4.18. The van der Waals surface area contributed by atoms with Crippen molar-refractivity contribution in [3.63, 3.8) is 0 Å². The van der Waals surface area contributed by atoms with E-state index in [-0.39, 0.29) is 23.9 Å². The van der Waals surface area contributed by atoms with Crippen LogP contribution >= 0.6 is 0 Å². The lowest BCUT2D eigenvalue weighted by molar-refractivity contribution is -0.142. The summed E-state index contributed by atoms with van der Waals surface area (Å²) in [4.78, 5) is 36.9. The molecule has 2 aromatic carbocycles. The normalized spacial score (nSPS) is 13.9. The van der Waals surface area contributed by atoms with Gasteiger partial charge in [0.05, 0.1) is 11.8 Å². The van der Waals surface area contributed by atoms with Gasteiger partial charge in [-0.05, 0) is 29.2 Å². The average molecular weight is 479 g/mol. The Labute approximate surface area is 201 Å². The van der Waals surface area contributed by atoms with E-state index in [1.54, 1.807) is 7.05 Å². The predicted octanol–water partition coefficient (Wildman–Crippen LogP) is 3.00. The predicted molar refractivity (Wildman–Crippen MR) is 127 cm³/mol. The Morgan fingerprint density at radius 2 is 1.69 bits per heavy atom. The number of carbonyl (C=O) groups is 3. The molecule has 0 fully saturated rings. The van der Waals surface area contributed by atoms with E-state index in [1.807, 2.05) is 48.5 Å². The maximum atomic E-state index is 12.7. The highest BCUT2D eigenvalue weighted by Gasteiger charge is 2.31. The standard InChI is InChI=1S/C25H26N4O6/c1-14(34-3)21(24(31)32)27-23(30)22-20(12-29(2)28-22)26-25(33)35-13-19-17-10-6-4-8-15(17)16-9-5-7-11-18(16)19/h4-12,14,19,21H,13H2,1-3H3,(H,26,33)(H,27,30)(H,31,32)/t14-,21+/m1/s1. The van der Waals surface area contributed by atoms with Crippen molar-refractivity contribution in [2.75, 3.05) is 19.0 Å². The van der Waals surface area contributed by atoms with Gasteiger partial charge in [-0.1, -0.05) is 48.5 Å². The van der Waals surface area contributed by atoms with E-state index >= 15 is 0 Å². The van der Waals surface area contributed by atoms with Crippen LogP contribution in [0.2, 0.25) is 0 Å². The van der Waals surface area contributed by atoms with Gasteiger partial charge in [0.2, 0.25) is 0 Å². The minimum absolute atomic E-state index is 0.0939. The molecule has 3 aromatic rings. The zero-order valence-electron chi connectivity index (χ0n) is 19.5. The van der Waals surface area contributed by atoms with Gasteiger partial charge in [-0.2, -0.15) is 5.10 Å². The molecular formula is C25H26N4O6. The van der Waals surface area contributed by atoms with Crippen LogP contribution in [0, 0.1) is 0 Å². The van der Waals surface area contributed by atoms with Gasteiger partial charge in [0.25, 0.3) is 5.91 Å². The number of anilines is 1. The van der Waals surface area contributed by atoms with Crippen molar-refractivity contribution >= 4 is 23.7 Å². The highest BCUT2D eigenvalue weighted by Crippen LogP contribution is 2.44. The number of aromatic nitrogens is 2. The van der Waals surface area contributed by atoms with Crippen LogP contribution in [0.15, 0.2) is 54.7 Å². The number of ether oxygens (including phenoxy) is 2. The number of aryl methyl sites for hydroxylation is 1. The summed E-state index contributed by atoms with van der Waals surface area (Å²) in [6.07, 6.45) is -0.0982. The van der Waals surface area contributed by atoms with E-state index in [0.29, 0.717) is 0 Å². The molecule has 4 rings (SSSR count). The van der Waals surface area contributed by atoms with Crippen molar-refractivity contribution in [1.82, 2.24) is 15.1 Å². The molecule has 0 unspecified atom stereocenters. The number of hydrogen-bond acceptors (Lipinski definition) is 6. The molecule has 1 aromatic heterocycles. The van der Waals surface area contributed by atoms with Crippen molar-refractivity contribution < 1.29 is 29.0 Å². The minimum Gasteiger partial charge on any atom is -0.480 e. The molecule has 10 heteroatoms. The quantitative estimate of drug-likeness (QED) is 0.453. The van der Waals surface area contributed by atoms with Gasteiger partial charge in [-0.25, -0.2) is 9.59 Å². The maximum absolute atomic E-state index is 12.7. The average Bonchev–Trinajstić information content (AvgIpc) is 3.37. The van der Waals surface area contributed by atoms with Crippen molar-refractivity contribution in [1.29, 1.82) is 0 Å². The number of carbonyl (C=O) groups excluding carboxylic acids is 2. The Bertz CT molecular complexity index is 1220. The molecule has 0 saturated carbocycles. The minimum atomic E-state index is -1.29. The van der Waals surface area contributed by atoms with Crippen LogP contribution in [0.4, 0.5) is 10.5 Å². The van der Waals surface area contributed by atoms with Crippen molar-refractivity contribution in [3.8, 4) is 11.1 Å². The third-order valence-electron chi connectivity index (χ3n) is 6.02. The maximum Gasteiger partial charge on any atom is 0.411 e. The van der Waals surface area contributed by atoms with E-state index in [1.165, 1.54) is 24.9 Å². The number of rotatable bonds is 8. The first kappa shape index (κ1) is 24.0. The second-order valence-corrected chi connectivity index (χ2v) is 8.25. The summed E-state index contributed by atoms with van der Waals surface area (Å²) in [5.41, 5.74) is 4.33. The monoisotopic (exact) mass is 478 g/mol. The highest BCUT2D eigenvalue weighted by molar-refractivity contribution is 6.02. The van der Waals surface area contributed by atoms with Crippen LogP contribution in [-0.2, 0) is 21.3 Å². The van der Waals surface area contributed by atoms with E-state index < -0.39 is 30.1 Å². The summed E-state index contributed by atoms with van der Waals surface area (Å²) >= 11 is 0. The summed E-state index contributed by atoms with van der Waals surface area (Å²) in [6, 6.07) is 14.7. The van der Waals surface area contributed by atoms with Crippen LogP contribution in [0.5, 0.6) is 0 Å². The van der Waals surface area contributed by atoms with Gasteiger partial charge < -0.3 is 19.9 Å². The number of carboxylic acids is 1. The molecule has 2 amide bonds. The van der Waals surface area contributed by atoms with Gasteiger partial charge in [0.15, 0.2) is 11.7 Å². The number of nitrogens with one attached hydrogen (secondary N) is 2. The third-order valence-corrected chi connectivity index (χ3v) is 6.02. The Morgan fingerprint density at radius 1 is 1.09 bits per heavy atom. The number of aliphatic carboxylic acids is 1. The second-order valence-electron chi connectivity index (χ2n) is 8.25. The summed E-state index contributed by atoms with van der Waals surface area (Å²) in [5.74, 6) is -2.14. The SMILES string of the molecule is CO[C@H](C)[C@H](NC(=O)c1nn(C)cc1NC(=O)OCC1c2ccccc2-c2ccccc21)C(=O)O. The summed E-state index contributed by atoms with van der Waals surface area (Å²) in [7, 11) is 2.92. The number of fused-ring (bicyclic) bond motifs is 3. The fourth-order valence-electron chi connectivity index (χ4n) is 4.22.